The molecule has 7 rings (SSSR count). The van der Waals surface area contributed by atoms with E-state index in [0.29, 0.717) is 13.1 Å². The van der Waals surface area contributed by atoms with Crippen molar-refractivity contribution >= 4 is 47.5 Å². The number of aromatic amines is 2. The van der Waals surface area contributed by atoms with Crippen molar-refractivity contribution in [3.05, 3.63) is 72.6 Å². The van der Waals surface area contributed by atoms with Crippen LogP contribution in [0.2, 0.25) is 0 Å². The Bertz CT molecular complexity index is 2100. The predicted molar refractivity (Wildman–Crippen MR) is 226 cm³/mol. The third-order valence-corrected chi connectivity index (χ3v) is 14.7. The summed E-state index contributed by atoms with van der Waals surface area (Å²) in [6, 6.07) is 14.7. The Labute approximate surface area is 347 Å². The molecule has 4 atom stereocenters. The first-order valence-corrected chi connectivity index (χ1v) is 21.8. The molecule has 5 heterocycles. The van der Waals surface area contributed by atoms with E-state index < -0.39 is 24.3 Å². The number of ether oxygens (including phenoxy) is 2. The highest BCUT2D eigenvalue weighted by atomic mass is 32.2. The van der Waals surface area contributed by atoms with Gasteiger partial charge in [0.15, 0.2) is 0 Å². The third kappa shape index (κ3) is 8.58. The molecule has 4 N–H and O–H groups in total. The Balaban J connectivity index is 1.03. The molecule has 4 aromatic rings. The Morgan fingerprint density at radius 1 is 0.707 bits per heavy atom. The molecule has 2 aromatic heterocycles. The zero-order chi connectivity index (χ0) is 41.1. The Morgan fingerprint density at radius 2 is 1.16 bits per heavy atom. The number of nitrogens with zero attached hydrogens (tertiary/aromatic N) is 4. The fourth-order valence-electron chi connectivity index (χ4n) is 8.08. The number of rotatable bonds is 11. The van der Waals surface area contributed by atoms with Crippen LogP contribution in [0, 0.1) is 11.8 Å². The molecule has 2 aromatic carbocycles. The van der Waals surface area contributed by atoms with Gasteiger partial charge in [0.25, 0.3) is 0 Å². The van der Waals surface area contributed by atoms with Gasteiger partial charge in [-0.05, 0) is 46.9 Å². The summed E-state index contributed by atoms with van der Waals surface area (Å²) in [6.07, 6.45) is 4.79. The van der Waals surface area contributed by atoms with Gasteiger partial charge < -0.3 is 39.9 Å². The van der Waals surface area contributed by atoms with Gasteiger partial charge in [-0.2, -0.15) is 0 Å². The monoisotopic (exact) mass is 828 g/mol. The van der Waals surface area contributed by atoms with Crippen molar-refractivity contribution < 1.29 is 28.7 Å². The summed E-state index contributed by atoms with van der Waals surface area (Å²) < 4.78 is 9.50. The standard InChI is InChI=1S/C42H52N8O6S2/c1-24(2)34(47-40(53)55-5)38(51)49-17-7-8-32(49)36-43-21-30(45-36)28-13-9-26(10-14-28)27-11-15-29(16-12-27)31-22-44-37(46-31)33-20-42(57-18-19-58-42)23-50(33)39(52)35(25(3)4)48-41(54)56-6/h9-16,21-22,24-25,32-35H,7-8,17-20,23H2,1-6H3,(H,43,45)(H,44,46)(H,47,53)(H,48,54)/t32-,33-,34-,35-/m0/s1. The van der Waals surface area contributed by atoms with E-state index in [9.17, 15) is 19.2 Å². The van der Waals surface area contributed by atoms with Gasteiger partial charge in [-0.3, -0.25) is 9.59 Å². The van der Waals surface area contributed by atoms with Crippen LogP contribution in [0.1, 0.15) is 70.7 Å². The van der Waals surface area contributed by atoms with Crippen LogP contribution in [-0.2, 0) is 19.1 Å². The van der Waals surface area contributed by atoms with Gasteiger partial charge in [0, 0.05) is 31.0 Å². The van der Waals surface area contributed by atoms with Crippen molar-refractivity contribution in [3.8, 4) is 33.6 Å². The number of hydrogen-bond acceptors (Lipinski definition) is 10. The molecule has 3 fully saturated rings. The molecular weight excluding hydrogens is 777 g/mol. The molecule has 14 nitrogen and oxygen atoms in total. The smallest absolute Gasteiger partial charge is 0.407 e. The number of carbonyl (C=O) groups is 4. The van der Waals surface area contributed by atoms with Gasteiger partial charge in [0.2, 0.25) is 11.8 Å². The van der Waals surface area contributed by atoms with E-state index >= 15 is 0 Å². The van der Waals surface area contributed by atoms with E-state index in [0.717, 1.165) is 76.1 Å². The summed E-state index contributed by atoms with van der Waals surface area (Å²) in [5, 5.41) is 5.46. The largest absolute Gasteiger partial charge is 0.453 e. The van der Waals surface area contributed by atoms with Crippen molar-refractivity contribution in [2.24, 2.45) is 11.8 Å². The second-order valence-electron chi connectivity index (χ2n) is 15.7. The highest BCUT2D eigenvalue weighted by Crippen LogP contribution is 2.55. The number of carbonyl (C=O) groups excluding carboxylic acids is 4. The third-order valence-electron chi connectivity index (χ3n) is 11.3. The van der Waals surface area contributed by atoms with Crippen LogP contribution in [-0.4, -0.2) is 109 Å². The first-order valence-electron chi connectivity index (χ1n) is 19.8. The molecule has 0 radical (unpaired) electrons. The average molecular weight is 829 g/mol. The van der Waals surface area contributed by atoms with E-state index in [1.54, 1.807) is 6.20 Å². The first-order chi connectivity index (χ1) is 27.9. The number of amides is 4. The second kappa shape index (κ2) is 17.5. The number of alkyl carbamates (subject to hydrolysis) is 2. The van der Waals surface area contributed by atoms with Crippen LogP contribution in [0.15, 0.2) is 60.9 Å². The van der Waals surface area contributed by atoms with Gasteiger partial charge in [-0.15, -0.1) is 23.5 Å². The van der Waals surface area contributed by atoms with Crippen LogP contribution in [0.25, 0.3) is 33.6 Å². The number of benzene rings is 2. The molecule has 3 aliphatic rings. The fourth-order valence-corrected chi connectivity index (χ4v) is 11.3. The first kappa shape index (κ1) is 41.2. The lowest BCUT2D eigenvalue weighted by Crippen LogP contribution is -2.51. The molecule has 0 aliphatic carbocycles. The van der Waals surface area contributed by atoms with Gasteiger partial charge in [0.1, 0.15) is 23.7 Å². The molecule has 16 heteroatoms. The normalized spacial score (nSPS) is 19.8. The molecule has 3 aliphatic heterocycles. The van der Waals surface area contributed by atoms with E-state index in [-0.39, 0.29) is 39.8 Å². The van der Waals surface area contributed by atoms with Crippen LogP contribution in [0.4, 0.5) is 9.59 Å². The lowest BCUT2D eigenvalue weighted by Gasteiger charge is -2.30. The molecule has 3 saturated heterocycles. The minimum absolute atomic E-state index is 0.0997. The number of imidazole rings is 2. The maximum absolute atomic E-state index is 14.0. The molecule has 308 valence electrons. The van der Waals surface area contributed by atoms with Crippen molar-refractivity contribution in [1.82, 2.24) is 40.4 Å². The number of hydrogen-bond donors (Lipinski definition) is 4. The highest BCUT2D eigenvalue weighted by molar-refractivity contribution is 8.21. The number of thioether (sulfide) groups is 2. The summed E-state index contributed by atoms with van der Waals surface area (Å²) in [5.41, 5.74) is 5.79. The van der Waals surface area contributed by atoms with Crippen molar-refractivity contribution in [1.29, 1.82) is 0 Å². The Hall–Kier alpha value is -4.96. The molecule has 58 heavy (non-hydrogen) atoms. The quantitative estimate of drug-likeness (QED) is 0.123. The number of aromatic nitrogens is 4. The van der Waals surface area contributed by atoms with E-state index in [2.05, 4.69) is 74.1 Å². The summed E-state index contributed by atoms with van der Waals surface area (Å²) in [5.74, 6) is 3.04. The van der Waals surface area contributed by atoms with Crippen LogP contribution in [0.3, 0.4) is 0 Å². The lowest BCUT2D eigenvalue weighted by molar-refractivity contribution is -0.136. The number of methoxy groups -OCH3 is 2. The molecule has 0 saturated carbocycles. The fraction of sp³-hybridized carbons (Fsp3) is 0.476. The summed E-state index contributed by atoms with van der Waals surface area (Å²) in [4.78, 5) is 71.9. The number of nitrogens with one attached hydrogen (secondary N) is 4. The topological polar surface area (TPSA) is 175 Å². The van der Waals surface area contributed by atoms with Crippen LogP contribution in [0.5, 0.6) is 0 Å². The zero-order valence-corrected chi connectivity index (χ0v) is 35.4. The van der Waals surface area contributed by atoms with Crippen molar-refractivity contribution in [2.45, 2.75) is 75.2 Å². The number of H-pyrrole nitrogens is 2. The van der Waals surface area contributed by atoms with Gasteiger partial charge in [-0.1, -0.05) is 76.2 Å². The van der Waals surface area contributed by atoms with Crippen molar-refractivity contribution in [2.75, 3.05) is 38.8 Å². The number of likely N-dealkylation sites (tertiary alicyclic amines) is 2. The highest BCUT2D eigenvalue weighted by Gasteiger charge is 2.51. The minimum Gasteiger partial charge on any atom is -0.453 e. The summed E-state index contributed by atoms with van der Waals surface area (Å²) >= 11 is 3.81. The van der Waals surface area contributed by atoms with E-state index in [1.807, 2.05) is 67.2 Å². The van der Waals surface area contributed by atoms with Gasteiger partial charge in [0.05, 0.1) is 54.2 Å². The van der Waals surface area contributed by atoms with E-state index in [1.165, 1.54) is 14.2 Å². The van der Waals surface area contributed by atoms with Gasteiger partial charge in [-0.25, -0.2) is 19.6 Å². The van der Waals surface area contributed by atoms with Crippen LogP contribution < -0.4 is 10.6 Å². The average Bonchev–Trinajstić information content (AvgIpc) is 4.09. The molecule has 1 spiro atoms. The molecular formula is C42H52N8O6S2. The molecule has 4 amide bonds. The minimum atomic E-state index is -0.712. The zero-order valence-electron chi connectivity index (χ0n) is 33.7. The van der Waals surface area contributed by atoms with Crippen LogP contribution >= 0.6 is 23.5 Å². The van der Waals surface area contributed by atoms with Crippen molar-refractivity contribution in [3.63, 3.8) is 0 Å². The lowest BCUT2D eigenvalue weighted by atomic mass is 10.0. The Morgan fingerprint density at radius 3 is 1.62 bits per heavy atom. The molecule has 0 bridgehead atoms. The van der Waals surface area contributed by atoms with Gasteiger partial charge >= 0.3 is 12.2 Å². The second-order valence-corrected chi connectivity index (χ2v) is 18.9. The predicted octanol–water partition coefficient (Wildman–Crippen LogP) is 7.01. The maximum atomic E-state index is 14.0. The summed E-state index contributed by atoms with van der Waals surface area (Å²) in [7, 11) is 2.59. The van der Waals surface area contributed by atoms with E-state index in [4.69, 9.17) is 14.5 Å². The SMILES string of the molecule is COC(=O)N[C@H](C(=O)N1CCC[C@H]1c1ncc(-c2ccc(-c3ccc(-c4cnc([C@@H]5CC6(CN5C(=O)[C@@H](NC(=O)OC)C(C)C)SCCS6)[nH]4)cc3)cc2)[nH]1)C(C)C. The maximum Gasteiger partial charge on any atom is 0.407 e. The molecule has 0 unspecified atom stereocenters. The Kier molecular flexibility index (Phi) is 12.4. The summed E-state index contributed by atoms with van der Waals surface area (Å²) in [6.45, 7) is 8.82.